The summed E-state index contributed by atoms with van der Waals surface area (Å²) in [4.78, 5) is 16.9. The van der Waals surface area contributed by atoms with Gasteiger partial charge < -0.3 is 14.5 Å². The highest BCUT2D eigenvalue weighted by Crippen LogP contribution is 2.22. The summed E-state index contributed by atoms with van der Waals surface area (Å²) in [7, 11) is 1.59. The van der Waals surface area contributed by atoms with Crippen molar-refractivity contribution in [3.8, 4) is 5.75 Å². The van der Waals surface area contributed by atoms with Gasteiger partial charge >= 0.3 is 0 Å². The van der Waals surface area contributed by atoms with Gasteiger partial charge in [-0.1, -0.05) is 54.2 Å². The van der Waals surface area contributed by atoms with Gasteiger partial charge in [-0.05, 0) is 17.7 Å². The lowest BCUT2D eigenvalue weighted by Crippen LogP contribution is -2.50. The molecule has 0 aliphatic carbocycles. The number of nitrogens with zero attached hydrogens (tertiary/aromatic N) is 4. The molecule has 0 saturated carbocycles. The fourth-order valence-corrected chi connectivity index (χ4v) is 4.27. The maximum Gasteiger partial charge on any atom is 0.257 e. The molecule has 0 N–H and O–H groups in total. The average Bonchev–Trinajstić information content (AvgIpc) is 2.79. The molecule has 2 aliphatic heterocycles. The Morgan fingerprint density at radius 1 is 0.966 bits per heavy atom. The summed E-state index contributed by atoms with van der Waals surface area (Å²) in [5.74, 6) is 1.44. The Bertz CT molecular complexity index is 912. The Labute approximate surface area is 181 Å². The lowest BCUT2D eigenvalue weighted by atomic mass is 10.1. The highest BCUT2D eigenvalue weighted by molar-refractivity contribution is 8.14. The van der Waals surface area contributed by atoms with Crippen LogP contribution >= 0.6 is 24.2 Å². The number of benzene rings is 2. The van der Waals surface area contributed by atoms with Crippen molar-refractivity contribution < 1.29 is 9.53 Å². The van der Waals surface area contributed by atoms with Crippen LogP contribution < -0.4 is 4.74 Å². The number of piperazine rings is 1. The molecule has 1 amide bonds. The van der Waals surface area contributed by atoms with Crippen molar-refractivity contribution in [2.45, 2.75) is 0 Å². The van der Waals surface area contributed by atoms with Crippen LogP contribution in [0.3, 0.4) is 0 Å². The number of carbonyl (C=O) groups is 1. The van der Waals surface area contributed by atoms with Gasteiger partial charge in [0.1, 0.15) is 5.75 Å². The molecule has 1 saturated heterocycles. The molecule has 1 fully saturated rings. The van der Waals surface area contributed by atoms with Crippen LogP contribution in [0, 0.1) is 0 Å². The summed E-state index contributed by atoms with van der Waals surface area (Å²) in [6.45, 7) is 2.82. The Morgan fingerprint density at radius 2 is 1.66 bits per heavy atom. The Kier molecular flexibility index (Phi) is 7.17. The van der Waals surface area contributed by atoms with Crippen molar-refractivity contribution in [3.05, 3.63) is 65.7 Å². The molecule has 0 bridgehead atoms. The molecule has 8 heteroatoms. The van der Waals surface area contributed by atoms with E-state index in [0.29, 0.717) is 24.4 Å². The van der Waals surface area contributed by atoms with Crippen LogP contribution in [-0.4, -0.2) is 65.6 Å². The number of hydrogen-bond acceptors (Lipinski definition) is 6. The average molecular weight is 431 g/mol. The minimum absolute atomic E-state index is 0. The second-order valence-electron chi connectivity index (χ2n) is 6.56. The van der Waals surface area contributed by atoms with Gasteiger partial charge in [0.25, 0.3) is 5.91 Å². The first-order chi connectivity index (χ1) is 13.8. The quantitative estimate of drug-likeness (QED) is 0.749. The number of para-hydroxylation sites is 1. The van der Waals surface area contributed by atoms with Crippen molar-refractivity contribution in [1.82, 2.24) is 9.80 Å². The molecular formula is C21H23ClN4O2S. The number of carbonyl (C=O) groups excluding carboxylic acids is 1. The number of rotatable bonds is 3. The van der Waals surface area contributed by atoms with Gasteiger partial charge in [0, 0.05) is 31.9 Å². The van der Waals surface area contributed by atoms with Gasteiger partial charge in [0.05, 0.1) is 18.4 Å². The van der Waals surface area contributed by atoms with Gasteiger partial charge in [0.2, 0.25) is 0 Å². The van der Waals surface area contributed by atoms with Crippen molar-refractivity contribution >= 4 is 41.0 Å². The molecule has 0 atom stereocenters. The predicted octanol–water partition coefficient (Wildman–Crippen LogP) is 3.38. The van der Waals surface area contributed by atoms with E-state index in [1.165, 1.54) is 0 Å². The van der Waals surface area contributed by atoms with E-state index in [0.717, 1.165) is 35.3 Å². The molecular weight excluding hydrogens is 408 g/mol. The molecule has 2 aromatic carbocycles. The van der Waals surface area contributed by atoms with E-state index in [1.807, 2.05) is 47.4 Å². The maximum absolute atomic E-state index is 12.8. The van der Waals surface area contributed by atoms with E-state index >= 15 is 0 Å². The fraction of sp³-hybridized carbons (Fsp3) is 0.286. The number of amidine groups is 1. The number of halogens is 1. The van der Waals surface area contributed by atoms with Gasteiger partial charge in [0.15, 0.2) is 5.17 Å². The van der Waals surface area contributed by atoms with E-state index in [9.17, 15) is 4.79 Å². The zero-order chi connectivity index (χ0) is 19.3. The van der Waals surface area contributed by atoms with Crippen LogP contribution in [0.4, 0.5) is 0 Å². The second-order valence-corrected chi connectivity index (χ2v) is 7.51. The molecule has 6 nitrogen and oxygen atoms in total. The summed E-state index contributed by atoms with van der Waals surface area (Å²) < 4.78 is 5.33. The second kappa shape index (κ2) is 9.80. The Morgan fingerprint density at radius 3 is 2.31 bits per heavy atom. The van der Waals surface area contributed by atoms with E-state index < -0.39 is 0 Å². The van der Waals surface area contributed by atoms with Crippen LogP contribution in [0.15, 0.2) is 64.8 Å². The number of ether oxygens (including phenoxy) is 1. The van der Waals surface area contributed by atoms with Crippen molar-refractivity contribution in [2.75, 3.05) is 39.0 Å². The summed E-state index contributed by atoms with van der Waals surface area (Å²) in [5, 5.41) is 9.80. The lowest BCUT2D eigenvalue weighted by molar-refractivity contribution is 0.0690. The van der Waals surface area contributed by atoms with Crippen LogP contribution in [-0.2, 0) is 0 Å². The van der Waals surface area contributed by atoms with Crippen molar-refractivity contribution in [2.24, 2.45) is 10.2 Å². The van der Waals surface area contributed by atoms with Crippen molar-refractivity contribution in [3.63, 3.8) is 0 Å². The van der Waals surface area contributed by atoms with E-state index in [1.54, 1.807) is 18.9 Å². The van der Waals surface area contributed by atoms with Gasteiger partial charge in [-0.15, -0.1) is 17.5 Å². The highest BCUT2D eigenvalue weighted by atomic mass is 35.5. The van der Waals surface area contributed by atoms with Gasteiger partial charge in [-0.2, -0.15) is 5.10 Å². The summed E-state index contributed by atoms with van der Waals surface area (Å²) in [6.07, 6.45) is 0. The predicted molar refractivity (Wildman–Crippen MR) is 121 cm³/mol. The van der Waals surface area contributed by atoms with Crippen LogP contribution in [0.2, 0.25) is 0 Å². The van der Waals surface area contributed by atoms with Crippen molar-refractivity contribution in [1.29, 1.82) is 0 Å². The Balaban J connectivity index is 0.00000240. The topological polar surface area (TPSA) is 57.5 Å². The third-order valence-electron chi connectivity index (χ3n) is 4.88. The third kappa shape index (κ3) is 4.74. The molecule has 152 valence electrons. The van der Waals surface area contributed by atoms with Gasteiger partial charge in [-0.25, -0.2) is 0 Å². The molecule has 2 aromatic rings. The molecule has 0 unspecified atom stereocenters. The summed E-state index contributed by atoms with van der Waals surface area (Å²) >= 11 is 1.71. The normalized spacial score (nSPS) is 16.4. The lowest BCUT2D eigenvalue weighted by Gasteiger charge is -2.36. The molecule has 0 aromatic heterocycles. The first kappa shape index (κ1) is 21.2. The zero-order valence-electron chi connectivity index (χ0n) is 16.2. The minimum atomic E-state index is 0. The molecule has 0 spiro atoms. The molecule has 4 rings (SSSR count). The fourth-order valence-electron chi connectivity index (χ4n) is 3.31. The monoisotopic (exact) mass is 430 g/mol. The minimum Gasteiger partial charge on any atom is -0.496 e. The largest absolute Gasteiger partial charge is 0.496 e. The Hall–Kier alpha value is -2.51. The van der Waals surface area contributed by atoms with Gasteiger partial charge in [-0.3, -0.25) is 4.79 Å². The molecule has 29 heavy (non-hydrogen) atoms. The zero-order valence-corrected chi connectivity index (χ0v) is 17.8. The molecule has 2 heterocycles. The number of thioether (sulfide) groups is 1. The number of hydrogen-bond donors (Lipinski definition) is 0. The smallest absolute Gasteiger partial charge is 0.257 e. The number of methoxy groups -OCH3 is 1. The molecule has 0 radical (unpaired) electrons. The first-order valence-electron chi connectivity index (χ1n) is 9.26. The summed E-state index contributed by atoms with van der Waals surface area (Å²) in [6, 6.07) is 17.5. The SMILES string of the molecule is COc1ccccc1C(=O)N1CCN(C2=NN=C(c3ccccc3)CS2)CC1.Cl. The van der Waals surface area contributed by atoms with E-state index in [2.05, 4.69) is 27.2 Å². The summed E-state index contributed by atoms with van der Waals surface area (Å²) in [5.41, 5.74) is 2.73. The number of amides is 1. The third-order valence-corrected chi connectivity index (χ3v) is 5.89. The van der Waals surface area contributed by atoms with Crippen LogP contribution in [0.5, 0.6) is 5.75 Å². The standard InChI is InChI=1S/C21H22N4O2S.ClH/c1-27-19-10-6-5-9-17(19)20(26)24-11-13-25(14-12-24)21-23-22-18(15-28-21)16-7-3-2-4-8-16;/h2-10H,11-15H2,1H3;1H. The maximum atomic E-state index is 12.8. The highest BCUT2D eigenvalue weighted by Gasteiger charge is 2.27. The van der Waals surface area contributed by atoms with Crippen LogP contribution in [0.25, 0.3) is 0 Å². The first-order valence-corrected chi connectivity index (χ1v) is 10.2. The van der Waals surface area contributed by atoms with E-state index in [-0.39, 0.29) is 18.3 Å². The molecule has 2 aliphatic rings. The van der Waals surface area contributed by atoms with Crippen LogP contribution in [0.1, 0.15) is 15.9 Å². The van der Waals surface area contributed by atoms with E-state index in [4.69, 9.17) is 4.74 Å².